The van der Waals surface area contributed by atoms with Gasteiger partial charge in [0.05, 0.1) is 6.61 Å². The number of anilines is 1. The zero-order valence-corrected chi connectivity index (χ0v) is 11.9. The Bertz CT molecular complexity index is 313. The summed E-state index contributed by atoms with van der Waals surface area (Å²) in [4.78, 5) is 8.08. The number of nitrogen functional groups attached to an aromatic ring is 1. The molecule has 0 bridgehead atoms. The third kappa shape index (κ3) is 6.46. The van der Waals surface area contributed by atoms with Gasteiger partial charge >= 0.3 is 6.01 Å². The molecule has 0 aliphatic carbocycles. The summed E-state index contributed by atoms with van der Waals surface area (Å²) in [6, 6.07) is 2.00. The molecule has 0 aliphatic heterocycles. The number of ether oxygens (including phenoxy) is 1. The van der Waals surface area contributed by atoms with Gasteiger partial charge in [-0.05, 0) is 22.4 Å². The van der Waals surface area contributed by atoms with Crippen LogP contribution < -0.4 is 10.5 Å². The van der Waals surface area contributed by atoms with Gasteiger partial charge in [0.15, 0.2) is 0 Å². The Hall–Kier alpha value is -0.840. The van der Waals surface area contributed by atoms with Crippen molar-refractivity contribution in [2.75, 3.05) is 12.3 Å². The average Bonchev–Trinajstić information content (AvgIpc) is 2.26. The van der Waals surface area contributed by atoms with Crippen LogP contribution in [-0.4, -0.2) is 16.6 Å². The third-order valence-corrected chi connectivity index (χ3v) is 2.83. The Morgan fingerprint density at radius 1 is 1.18 bits per heavy atom. The lowest BCUT2D eigenvalue weighted by atomic mass is 10.1. The highest BCUT2D eigenvalue weighted by molar-refractivity contribution is 9.10. The molecule has 0 saturated carbocycles. The van der Waals surface area contributed by atoms with Crippen molar-refractivity contribution < 1.29 is 4.74 Å². The minimum atomic E-state index is 0.352. The van der Waals surface area contributed by atoms with Gasteiger partial charge in [-0.2, -0.15) is 9.97 Å². The molecule has 1 rings (SSSR count). The number of halogens is 1. The zero-order valence-electron chi connectivity index (χ0n) is 10.3. The molecule has 0 aliphatic rings. The smallest absolute Gasteiger partial charge is 0.319 e. The van der Waals surface area contributed by atoms with Crippen molar-refractivity contribution in [1.29, 1.82) is 0 Å². The summed E-state index contributed by atoms with van der Waals surface area (Å²) >= 11 is 3.25. The van der Waals surface area contributed by atoms with Crippen LogP contribution in [0.4, 0.5) is 5.82 Å². The molecule has 5 heteroatoms. The first-order valence-electron chi connectivity index (χ1n) is 6.15. The molecule has 0 atom stereocenters. The number of hydrogen-bond acceptors (Lipinski definition) is 4. The summed E-state index contributed by atoms with van der Waals surface area (Å²) in [7, 11) is 0. The molecule has 1 aromatic heterocycles. The normalized spacial score (nSPS) is 10.5. The van der Waals surface area contributed by atoms with Gasteiger partial charge in [-0.15, -0.1) is 0 Å². The minimum absolute atomic E-state index is 0.352. The second-order valence-corrected chi connectivity index (χ2v) is 4.83. The Kier molecular flexibility index (Phi) is 6.93. The lowest BCUT2D eigenvalue weighted by Gasteiger charge is -2.05. The van der Waals surface area contributed by atoms with Crippen LogP contribution >= 0.6 is 15.9 Å². The third-order valence-electron chi connectivity index (χ3n) is 2.42. The summed E-state index contributed by atoms with van der Waals surface area (Å²) in [6.45, 7) is 2.88. The fourth-order valence-electron chi connectivity index (χ4n) is 1.52. The Morgan fingerprint density at radius 2 is 1.88 bits per heavy atom. The van der Waals surface area contributed by atoms with Gasteiger partial charge in [-0.3, -0.25) is 0 Å². The van der Waals surface area contributed by atoms with Crippen LogP contribution in [0, 0.1) is 0 Å². The second-order valence-electron chi connectivity index (χ2n) is 4.01. The maximum absolute atomic E-state index is 5.58. The summed E-state index contributed by atoms with van der Waals surface area (Å²) in [5.41, 5.74) is 5.58. The SMILES string of the molecule is CCCCCCCCOc1nc(N)cc(Br)n1. The van der Waals surface area contributed by atoms with Crippen LogP contribution in [0.1, 0.15) is 45.4 Å². The number of rotatable bonds is 8. The molecule has 96 valence electrons. The van der Waals surface area contributed by atoms with Gasteiger partial charge in [-0.25, -0.2) is 0 Å². The van der Waals surface area contributed by atoms with E-state index in [0.29, 0.717) is 23.0 Å². The first kappa shape index (κ1) is 14.2. The molecule has 0 radical (unpaired) electrons. The monoisotopic (exact) mass is 301 g/mol. The predicted octanol–water partition coefficient (Wildman–Crippen LogP) is 3.56. The maximum atomic E-state index is 5.58. The van der Waals surface area contributed by atoms with Crippen molar-refractivity contribution in [2.24, 2.45) is 0 Å². The standard InChI is InChI=1S/C12H20BrN3O/c1-2-3-4-5-6-7-8-17-12-15-10(13)9-11(14)16-12/h9H,2-8H2,1H3,(H2,14,15,16). The number of hydrogen-bond donors (Lipinski definition) is 1. The number of aromatic nitrogens is 2. The fraction of sp³-hybridized carbons (Fsp3) is 0.667. The highest BCUT2D eigenvalue weighted by Crippen LogP contribution is 2.14. The van der Waals surface area contributed by atoms with Crippen LogP contribution in [0.2, 0.25) is 0 Å². The van der Waals surface area contributed by atoms with E-state index in [2.05, 4.69) is 32.8 Å². The zero-order chi connectivity index (χ0) is 12.5. The maximum Gasteiger partial charge on any atom is 0.319 e. The van der Waals surface area contributed by atoms with E-state index in [0.717, 1.165) is 6.42 Å². The van der Waals surface area contributed by atoms with Gasteiger partial charge in [0.2, 0.25) is 0 Å². The van der Waals surface area contributed by atoms with Crippen LogP contribution in [0.5, 0.6) is 6.01 Å². The van der Waals surface area contributed by atoms with E-state index in [1.807, 2.05) is 0 Å². The van der Waals surface area contributed by atoms with E-state index >= 15 is 0 Å². The van der Waals surface area contributed by atoms with Crippen LogP contribution in [0.15, 0.2) is 10.7 Å². The summed E-state index contributed by atoms with van der Waals surface area (Å²) < 4.78 is 6.10. The summed E-state index contributed by atoms with van der Waals surface area (Å²) in [6.07, 6.45) is 7.44. The van der Waals surface area contributed by atoms with Gasteiger partial charge in [0, 0.05) is 6.07 Å². The van der Waals surface area contributed by atoms with Crippen molar-refractivity contribution in [1.82, 2.24) is 9.97 Å². The van der Waals surface area contributed by atoms with Crippen LogP contribution in [0.25, 0.3) is 0 Å². The van der Waals surface area contributed by atoms with Crippen molar-refractivity contribution in [2.45, 2.75) is 45.4 Å². The molecule has 0 aromatic carbocycles. The molecule has 0 amide bonds. The molecule has 0 fully saturated rings. The van der Waals surface area contributed by atoms with Crippen LogP contribution in [-0.2, 0) is 0 Å². The van der Waals surface area contributed by atoms with E-state index in [9.17, 15) is 0 Å². The molecular weight excluding hydrogens is 282 g/mol. The lowest BCUT2D eigenvalue weighted by Crippen LogP contribution is -2.03. The van der Waals surface area contributed by atoms with E-state index in [4.69, 9.17) is 10.5 Å². The molecule has 1 heterocycles. The fourth-order valence-corrected chi connectivity index (χ4v) is 1.91. The second kappa shape index (κ2) is 8.28. The Labute approximate surface area is 111 Å². The molecule has 0 saturated heterocycles. The highest BCUT2D eigenvalue weighted by atomic mass is 79.9. The largest absolute Gasteiger partial charge is 0.463 e. The lowest BCUT2D eigenvalue weighted by molar-refractivity contribution is 0.281. The van der Waals surface area contributed by atoms with E-state index in [1.54, 1.807) is 6.07 Å². The number of nitrogens with two attached hydrogens (primary N) is 1. The highest BCUT2D eigenvalue weighted by Gasteiger charge is 2.01. The van der Waals surface area contributed by atoms with Gasteiger partial charge in [0.1, 0.15) is 10.4 Å². The van der Waals surface area contributed by atoms with E-state index < -0.39 is 0 Å². The predicted molar refractivity (Wildman–Crippen MR) is 73.0 cm³/mol. The molecule has 0 spiro atoms. The van der Waals surface area contributed by atoms with Gasteiger partial charge in [-0.1, -0.05) is 39.0 Å². The van der Waals surface area contributed by atoms with Crippen molar-refractivity contribution >= 4 is 21.7 Å². The first-order valence-corrected chi connectivity index (χ1v) is 6.94. The first-order chi connectivity index (χ1) is 8.22. The van der Waals surface area contributed by atoms with Crippen LogP contribution in [0.3, 0.4) is 0 Å². The van der Waals surface area contributed by atoms with Crippen molar-refractivity contribution in [3.63, 3.8) is 0 Å². The molecule has 4 nitrogen and oxygen atoms in total. The van der Waals surface area contributed by atoms with Gasteiger partial charge < -0.3 is 10.5 Å². The van der Waals surface area contributed by atoms with E-state index in [-0.39, 0.29) is 0 Å². The Balaban J connectivity index is 2.13. The summed E-state index contributed by atoms with van der Waals surface area (Å²) in [5.74, 6) is 0.421. The van der Waals surface area contributed by atoms with E-state index in [1.165, 1.54) is 32.1 Å². The molecule has 17 heavy (non-hydrogen) atoms. The molecular formula is C12H20BrN3O. The van der Waals surface area contributed by atoms with Crippen molar-refractivity contribution in [3.8, 4) is 6.01 Å². The average molecular weight is 302 g/mol. The quantitative estimate of drug-likeness (QED) is 0.589. The Morgan fingerprint density at radius 3 is 2.59 bits per heavy atom. The minimum Gasteiger partial charge on any atom is -0.463 e. The van der Waals surface area contributed by atoms with Gasteiger partial charge in [0.25, 0.3) is 0 Å². The number of nitrogens with zero attached hydrogens (tertiary/aromatic N) is 2. The molecule has 0 unspecified atom stereocenters. The summed E-state index contributed by atoms with van der Waals surface area (Å²) in [5, 5.41) is 0. The number of unbranched alkanes of at least 4 members (excludes halogenated alkanes) is 5. The molecule has 2 N–H and O–H groups in total. The topological polar surface area (TPSA) is 61.0 Å². The van der Waals surface area contributed by atoms with Crippen molar-refractivity contribution in [3.05, 3.63) is 10.7 Å². The molecule has 1 aromatic rings.